The number of ether oxygens (including phenoxy) is 1. The molecule has 3 unspecified atom stereocenters. The molecule has 1 fully saturated rings. The highest BCUT2D eigenvalue weighted by atomic mass is 32.2. The molecule has 1 saturated heterocycles. The van der Waals surface area contributed by atoms with Crippen molar-refractivity contribution in [2.75, 3.05) is 29.1 Å². The molecule has 0 bridgehead atoms. The molecule has 0 spiro atoms. The molecular formula is C24H28N6O4S. The number of aliphatic hydroxyl groups excluding tert-OH is 1. The number of anilines is 2. The fourth-order valence-electron chi connectivity index (χ4n) is 4.50. The first kappa shape index (κ1) is 23.4. The first-order chi connectivity index (χ1) is 16.8. The van der Waals surface area contributed by atoms with Crippen LogP contribution < -0.4 is 14.5 Å². The quantitative estimate of drug-likeness (QED) is 0.634. The van der Waals surface area contributed by atoms with E-state index < -0.39 is 22.0 Å². The van der Waals surface area contributed by atoms with E-state index in [0.717, 1.165) is 17.6 Å². The molecule has 0 radical (unpaired) electrons. The molecule has 1 aliphatic carbocycles. The van der Waals surface area contributed by atoms with E-state index in [4.69, 9.17) is 4.74 Å². The molecule has 2 aromatic heterocycles. The maximum Gasteiger partial charge on any atom is 0.225 e. The first-order valence-electron chi connectivity index (χ1n) is 11.6. The van der Waals surface area contributed by atoms with Crippen molar-refractivity contribution < 1.29 is 18.3 Å². The van der Waals surface area contributed by atoms with Gasteiger partial charge in [-0.2, -0.15) is 0 Å². The highest BCUT2D eigenvalue weighted by molar-refractivity contribution is 7.94. The molecule has 10 nitrogen and oxygen atoms in total. The topological polar surface area (TPSA) is 122 Å². The number of aliphatic hydroxyl groups is 1. The summed E-state index contributed by atoms with van der Waals surface area (Å²) in [5, 5.41) is 10.7. The monoisotopic (exact) mass is 496 g/mol. The van der Waals surface area contributed by atoms with Gasteiger partial charge in [0.1, 0.15) is 24.4 Å². The number of allylic oxidation sites excluding steroid dienone is 1. The van der Waals surface area contributed by atoms with Crippen LogP contribution in [-0.4, -0.2) is 71.1 Å². The van der Waals surface area contributed by atoms with E-state index >= 15 is 0 Å². The average molecular weight is 497 g/mol. The number of sulfone groups is 1. The molecule has 5 rings (SSSR count). The van der Waals surface area contributed by atoms with Crippen molar-refractivity contribution in [3.05, 3.63) is 65.3 Å². The lowest BCUT2D eigenvalue weighted by Crippen LogP contribution is -2.49. The number of piperidine rings is 1. The Hall–Kier alpha value is -3.31. The Kier molecular flexibility index (Phi) is 6.28. The van der Waals surface area contributed by atoms with Gasteiger partial charge in [-0.05, 0) is 36.1 Å². The Bertz CT molecular complexity index is 1290. The van der Waals surface area contributed by atoms with Crippen molar-refractivity contribution in [3.63, 3.8) is 0 Å². The third-order valence-electron chi connectivity index (χ3n) is 6.49. The number of hydrogen-bond donors (Lipinski definition) is 1. The molecule has 184 valence electrons. The molecule has 3 atom stereocenters. The fourth-order valence-corrected chi connectivity index (χ4v) is 5.24. The third kappa shape index (κ3) is 4.92. The van der Waals surface area contributed by atoms with Gasteiger partial charge in [0.2, 0.25) is 11.8 Å². The van der Waals surface area contributed by atoms with Crippen molar-refractivity contribution in [3.8, 4) is 5.88 Å². The number of aryl methyl sites for hydroxylation is 1. The van der Waals surface area contributed by atoms with Crippen LogP contribution in [0.3, 0.4) is 0 Å². The van der Waals surface area contributed by atoms with E-state index in [-0.39, 0.29) is 6.04 Å². The maximum atomic E-state index is 11.9. The largest absolute Gasteiger partial charge is 0.471 e. The van der Waals surface area contributed by atoms with Gasteiger partial charge in [0.25, 0.3) is 0 Å². The fraction of sp³-hybridized carbons (Fsp3) is 0.417. The van der Waals surface area contributed by atoms with E-state index in [1.165, 1.54) is 12.6 Å². The van der Waals surface area contributed by atoms with Crippen LogP contribution >= 0.6 is 0 Å². The minimum atomic E-state index is -3.25. The van der Waals surface area contributed by atoms with Gasteiger partial charge < -0.3 is 19.6 Å². The molecule has 35 heavy (non-hydrogen) atoms. The van der Waals surface area contributed by atoms with Gasteiger partial charge in [-0.1, -0.05) is 13.0 Å². The molecule has 0 saturated carbocycles. The molecule has 1 N–H and O–H groups in total. The Morgan fingerprint density at radius 3 is 2.71 bits per heavy atom. The lowest BCUT2D eigenvalue weighted by Gasteiger charge is -2.35. The summed E-state index contributed by atoms with van der Waals surface area (Å²) in [5.74, 6) is 1.63. The van der Waals surface area contributed by atoms with Gasteiger partial charge in [0.05, 0.1) is 17.5 Å². The van der Waals surface area contributed by atoms with E-state index in [1.54, 1.807) is 18.2 Å². The van der Waals surface area contributed by atoms with E-state index in [0.29, 0.717) is 48.5 Å². The second-order valence-electron chi connectivity index (χ2n) is 8.92. The van der Waals surface area contributed by atoms with Crippen LogP contribution in [0, 0.1) is 0 Å². The van der Waals surface area contributed by atoms with Crippen LogP contribution in [0.15, 0.2) is 59.7 Å². The van der Waals surface area contributed by atoms with E-state index in [1.807, 2.05) is 34.5 Å². The zero-order valence-electron chi connectivity index (χ0n) is 19.6. The zero-order valence-corrected chi connectivity index (χ0v) is 20.5. The maximum absolute atomic E-state index is 11.9. The van der Waals surface area contributed by atoms with Gasteiger partial charge in [0.15, 0.2) is 9.84 Å². The third-order valence-corrected chi connectivity index (χ3v) is 7.64. The summed E-state index contributed by atoms with van der Waals surface area (Å²) in [6, 6.07) is 1.71. The highest BCUT2D eigenvalue weighted by Gasteiger charge is 2.32. The minimum Gasteiger partial charge on any atom is -0.471 e. The van der Waals surface area contributed by atoms with Crippen LogP contribution in [0.25, 0.3) is 0 Å². The van der Waals surface area contributed by atoms with Crippen molar-refractivity contribution in [2.45, 2.75) is 44.4 Å². The molecule has 4 heterocycles. The SMILES string of the molecule is CCc1cnc(N2CCC(Oc3cc(N4C=CC5=CC(S(C)(=O)=O)=CCC54)ncn3)C(O)C2)nc1. The molecule has 0 amide bonds. The second-order valence-corrected chi connectivity index (χ2v) is 10.9. The zero-order chi connectivity index (χ0) is 24.6. The molecular weight excluding hydrogens is 468 g/mol. The Balaban J connectivity index is 1.24. The molecule has 11 heteroatoms. The predicted molar refractivity (Wildman–Crippen MR) is 132 cm³/mol. The van der Waals surface area contributed by atoms with Crippen molar-refractivity contribution in [1.29, 1.82) is 0 Å². The van der Waals surface area contributed by atoms with Crippen molar-refractivity contribution in [2.24, 2.45) is 0 Å². The van der Waals surface area contributed by atoms with Gasteiger partial charge >= 0.3 is 0 Å². The summed E-state index contributed by atoms with van der Waals surface area (Å²) in [6.07, 6.45) is 14.4. The molecule has 2 aliphatic heterocycles. The summed E-state index contributed by atoms with van der Waals surface area (Å²) in [4.78, 5) is 21.7. The standard InChI is InChI=1S/C24H28N6O4S/c1-3-16-12-25-24(26-13-16)29-8-7-21(20(31)14-29)34-23-11-22(27-15-28-23)30-9-6-17-10-18(35(2,32)33)4-5-19(17)30/h4,6,9-13,15,19-21,31H,3,5,7-8,14H2,1-2H3. The Morgan fingerprint density at radius 1 is 1.20 bits per heavy atom. The Labute approximate surface area is 204 Å². The number of hydrogen-bond acceptors (Lipinski definition) is 10. The summed E-state index contributed by atoms with van der Waals surface area (Å²) in [5.41, 5.74) is 1.99. The smallest absolute Gasteiger partial charge is 0.225 e. The molecule has 3 aliphatic rings. The number of aromatic nitrogens is 4. The van der Waals surface area contributed by atoms with Crippen molar-refractivity contribution >= 4 is 21.6 Å². The van der Waals surface area contributed by atoms with Crippen LogP contribution in [0.5, 0.6) is 5.88 Å². The highest BCUT2D eigenvalue weighted by Crippen LogP contribution is 2.34. The average Bonchev–Trinajstić information content (AvgIpc) is 3.28. The van der Waals surface area contributed by atoms with Crippen LogP contribution in [0.1, 0.15) is 25.3 Å². The lowest BCUT2D eigenvalue weighted by atomic mass is 10.0. The van der Waals surface area contributed by atoms with Gasteiger partial charge in [-0.25, -0.2) is 28.4 Å². The van der Waals surface area contributed by atoms with Gasteiger partial charge in [-0.3, -0.25) is 0 Å². The number of fused-ring (bicyclic) bond motifs is 1. The van der Waals surface area contributed by atoms with E-state index in [9.17, 15) is 13.5 Å². The number of nitrogens with zero attached hydrogens (tertiary/aromatic N) is 6. The normalized spacial score (nSPS) is 24.1. The van der Waals surface area contributed by atoms with Gasteiger partial charge in [-0.15, -0.1) is 0 Å². The summed E-state index contributed by atoms with van der Waals surface area (Å²) < 4.78 is 29.9. The summed E-state index contributed by atoms with van der Waals surface area (Å²) in [6.45, 7) is 3.08. The predicted octanol–water partition coefficient (Wildman–Crippen LogP) is 1.81. The van der Waals surface area contributed by atoms with Crippen LogP contribution in [0.2, 0.25) is 0 Å². The van der Waals surface area contributed by atoms with Crippen molar-refractivity contribution in [1.82, 2.24) is 19.9 Å². The lowest BCUT2D eigenvalue weighted by molar-refractivity contribution is 0.0212. The number of β-amino-alcohol motifs (C(OH)–C–C–N with tert-alkyl or cyclic N) is 1. The molecule has 0 aromatic carbocycles. The summed E-state index contributed by atoms with van der Waals surface area (Å²) in [7, 11) is -3.25. The first-order valence-corrected chi connectivity index (χ1v) is 13.5. The second kappa shape index (κ2) is 9.38. The van der Waals surface area contributed by atoms with Crippen LogP contribution in [0.4, 0.5) is 11.8 Å². The van der Waals surface area contributed by atoms with E-state index in [2.05, 4.69) is 26.9 Å². The number of rotatable bonds is 6. The van der Waals surface area contributed by atoms with Crippen LogP contribution in [-0.2, 0) is 16.3 Å². The van der Waals surface area contributed by atoms with Gasteiger partial charge in [0, 0.05) is 43.9 Å². The Morgan fingerprint density at radius 2 is 2.00 bits per heavy atom. The molecule has 2 aromatic rings. The minimum absolute atomic E-state index is 0.0313. The summed E-state index contributed by atoms with van der Waals surface area (Å²) >= 11 is 0.